The maximum absolute atomic E-state index is 12.0. The third-order valence-electron chi connectivity index (χ3n) is 3.16. The van der Waals surface area contributed by atoms with Gasteiger partial charge in [-0.25, -0.2) is 4.79 Å². The highest BCUT2D eigenvalue weighted by Gasteiger charge is 2.30. The largest absolute Gasteiger partial charge is 0.444 e. The van der Waals surface area contributed by atoms with Crippen molar-refractivity contribution in [2.45, 2.75) is 39.2 Å². The Morgan fingerprint density at radius 2 is 2.28 bits per heavy atom. The Morgan fingerprint density at radius 3 is 2.89 bits per heavy atom. The number of nitrogens with one attached hydrogen (secondary N) is 1. The van der Waals surface area contributed by atoms with Crippen molar-refractivity contribution < 1.29 is 9.53 Å². The van der Waals surface area contributed by atoms with E-state index >= 15 is 0 Å². The van der Waals surface area contributed by atoms with E-state index in [1.807, 2.05) is 25.7 Å². The summed E-state index contributed by atoms with van der Waals surface area (Å²) in [6, 6.07) is 0. The summed E-state index contributed by atoms with van der Waals surface area (Å²) in [5.41, 5.74) is -0.423. The second kappa shape index (κ2) is 5.16. The molecule has 1 atom stereocenters. The number of amides is 1. The van der Waals surface area contributed by atoms with Crippen LogP contribution in [0.1, 0.15) is 33.6 Å². The first-order valence-electron chi connectivity index (χ1n) is 6.72. The molecule has 102 valence electrons. The van der Waals surface area contributed by atoms with Crippen LogP contribution in [0.5, 0.6) is 0 Å². The standard InChI is InChI=1S/C13H23N3O2/c1-13(2,3)18-12(17)16-8-4-5-10(9-16)11-14-6-7-15-11/h10H,4-9H2,1-3H3,(H,14,15). The van der Waals surface area contributed by atoms with E-state index in [1.165, 1.54) is 0 Å². The highest BCUT2D eigenvalue weighted by atomic mass is 16.6. The molecule has 0 spiro atoms. The molecule has 0 radical (unpaired) electrons. The third-order valence-corrected chi connectivity index (χ3v) is 3.16. The fourth-order valence-corrected chi connectivity index (χ4v) is 2.38. The number of hydrogen-bond acceptors (Lipinski definition) is 4. The summed E-state index contributed by atoms with van der Waals surface area (Å²) in [5.74, 6) is 1.43. The lowest BCUT2D eigenvalue weighted by Crippen LogP contribution is -2.46. The molecule has 0 aromatic carbocycles. The highest BCUT2D eigenvalue weighted by Crippen LogP contribution is 2.20. The van der Waals surface area contributed by atoms with Gasteiger partial charge in [0.2, 0.25) is 0 Å². The van der Waals surface area contributed by atoms with E-state index < -0.39 is 5.60 Å². The van der Waals surface area contributed by atoms with Crippen molar-refractivity contribution in [2.75, 3.05) is 26.2 Å². The lowest BCUT2D eigenvalue weighted by Gasteiger charge is -2.34. The third kappa shape index (κ3) is 3.37. The van der Waals surface area contributed by atoms with Crippen molar-refractivity contribution in [1.29, 1.82) is 0 Å². The summed E-state index contributed by atoms with van der Waals surface area (Å²) in [6.07, 6.45) is 1.92. The number of ether oxygens (including phenoxy) is 1. The average molecular weight is 253 g/mol. The Balaban J connectivity index is 1.92. The van der Waals surface area contributed by atoms with Crippen molar-refractivity contribution in [3.8, 4) is 0 Å². The number of carbonyl (C=O) groups is 1. The van der Waals surface area contributed by atoms with Crippen LogP contribution >= 0.6 is 0 Å². The van der Waals surface area contributed by atoms with Crippen LogP contribution in [-0.4, -0.2) is 48.6 Å². The number of aliphatic imine (C=N–C) groups is 1. The molecule has 1 fully saturated rings. The van der Waals surface area contributed by atoms with Crippen molar-refractivity contribution in [3.05, 3.63) is 0 Å². The van der Waals surface area contributed by atoms with E-state index in [9.17, 15) is 4.79 Å². The van der Waals surface area contributed by atoms with Gasteiger partial charge in [-0.15, -0.1) is 0 Å². The summed E-state index contributed by atoms with van der Waals surface area (Å²) >= 11 is 0. The van der Waals surface area contributed by atoms with Crippen LogP contribution in [0.25, 0.3) is 0 Å². The maximum Gasteiger partial charge on any atom is 0.410 e. The van der Waals surface area contributed by atoms with E-state index in [0.717, 1.165) is 44.9 Å². The second-order valence-electron chi connectivity index (χ2n) is 5.96. The molecule has 0 bridgehead atoms. The first-order valence-corrected chi connectivity index (χ1v) is 6.72. The molecular formula is C13H23N3O2. The average Bonchev–Trinajstić information content (AvgIpc) is 2.80. The van der Waals surface area contributed by atoms with Gasteiger partial charge in [0.05, 0.1) is 6.54 Å². The molecule has 2 rings (SSSR count). The maximum atomic E-state index is 12.0. The van der Waals surface area contributed by atoms with Crippen molar-refractivity contribution in [1.82, 2.24) is 10.2 Å². The summed E-state index contributed by atoms with van der Waals surface area (Å²) in [6.45, 7) is 8.99. The molecular weight excluding hydrogens is 230 g/mol. The molecule has 1 N–H and O–H groups in total. The highest BCUT2D eigenvalue weighted by molar-refractivity contribution is 5.86. The smallest absolute Gasteiger partial charge is 0.410 e. The molecule has 2 aliphatic heterocycles. The molecule has 18 heavy (non-hydrogen) atoms. The zero-order valence-corrected chi connectivity index (χ0v) is 11.5. The van der Waals surface area contributed by atoms with E-state index in [-0.39, 0.29) is 6.09 Å². The molecule has 1 unspecified atom stereocenters. The molecule has 1 saturated heterocycles. The number of amidine groups is 1. The van der Waals surface area contributed by atoms with Gasteiger partial charge < -0.3 is 15.0 Å². The Bertz CT molecular complexity index is 347. The zero-order valence-electron chi connectivity index (χ0n) is 11.5. The SMILES string of the molecule is CC(C)(C)OC(=O)N1CCCC(C2=NCCN2)C1. The first kappa shape index (κ1) is 13.2. The molecule has 0 saturated carbocycles. The van der Waals surface area contributed by atoms with Crippen LogP contribution in [0.3, 0.4) is 0 Å². The van der Waals surface area contributed by atoms with E-state index in [4.69, 9.17) is 4.74 Å². The van der Waals surface area contributed by atoms with Crippen LogP contribution in [0.2, 0.25) is 0 Å². The van der Waals surface area contributed by atoms with Gasteiger partial charge in [0.1, 0.15) is 11.4 Å². The Hall–Kier alpha value is -1.26. The van der Waals surface area contributed by atoms with E-state index in [1.54, 1.807) is 0 Å². The van der Waals surface area contributed by atoms with Gasteiger partial charge in [0.25, 0.3) is 0 Å². The number of rotatable bonds is 1. The normalized spacial score (nSPS) is 24.5. The number of hydrogen-bond donors (Lipinski definition) is 1. The predicted molar refractivity (Wildman–Crippen MR) is 70.8 cm³/mol. The van der Waals surface area contributed by atoms with Crippen molar-refractivity contribution in [2.24, 2.45) is 10.9 Å². The van der Waals surface area contributed by atoms with Gasteiger partial charge in [-0.2, -0.15) is 0 Å². The van der Waals surface area contributed by atoms with Crippen molar-refractivity contribution in [3.63, 3.8) is 0 Å². The Kier molecular flexibility index (Phi) is 3.78. The molecule has 2 heterocycles. The van der Waals surface area contributed by atoms with Gasteiger partial charge in [0.15, 0.2) is 0 Å². The predicted octanol–water partition coefficient (Wildman–Crippen LogP) is 1.64. The Morgan fingerprint density at radius 1 is 1.50 bits per heavy atom. The van der Waals surface area contributed by atoms with Gasteiger partial charge >= 0.3 is 6.09 Å². The minimum absolute atomic E-state index is 0.203. The quantitative estimate of drug-likeness (QED) is 0.773. The topological polar surface area (TPSA) is 53.9 Å². The number of likely N-dealkylation sites (tertiary alicyclic amines) is 1. The van der Waals surface area contributed by atoms with Crippen molar-refractivity contribution >= 4 is 11.9 Å². The molecule has 0 aromatic rings. The summed E-state index contributed by atoms with van der Waals surface area (Å²) in [7, 11) is 0. The number of carbonyl (C=O) groups excluding carboxylic acids is 1. The molecule has 2 aliphatic rings. The van der Waals surface area contributed by atoms with Crippen LogP contribution in [-0.2, 0) is 4.74 Å². The van der Waals surface area contributed by atoms with Crippen LogP contribution in [0, 0.1) is 5.92 Å². The van der Waals surface area contributed by atoms with Gasteiger partial charge in [0, 0.05) is 25.6 Å². The van der Waals surface area contributed by atoms with Gasteiger partial charge in [-0.05, 0) is 33.6 Å². The minimum atomic E-state index is -0.423. The molecule has 0 aliphatic carbocycles. The van der Waals surface area contributed by atoms with Gasteiger partial charge in [-0.3, -0.25) is 4.99 Å². The number of nitrogens with zero attached hydrogens (tertiary/aromatic N) is 2. The fraction of sp³-hybridized carbons (Fsp3) is 0.846. The number of piperidine rings is 1. The monoisotopic (exact) mass is 253 g/mol. The molecule has 5 heteroatoms. The van der Waals surface area contributed by atoms with E-state index in [2.05, 4.69) is 10.3 Å². The fourth-order valence-electron chi connectivity index (χ4n) is 2.38. The molecule has 5 nitrogen and oxygen atoms in total. The molecule has 0 aromatic heterocycles. The first-order chi connectivity index (χ1) is 8.46. The Labute approximate surface area is 109 Å². The van der Waals surface area contributed by atoms with Crippen LogP contribution < -0.4 is 5.32 Å². The van der Waals surface area contributed by atoms with Crippen LogP contribution in [0.15, 0.2) is 4.99 Å². The summed E-state index contributed by atoms with van der Waals surface area (Å²) < 4.78 is 5.41. The lowest BCUT2D eigenvalue weighted by molar-refractivity contribution is 0.0193. The molecule has 1 amide bonds. The zero-order chi connectivity index (χ0) is 13.2. The minimum Gasteiger partial charge on any atom is -0.444 e. The van der Waals surface area contributed by atoms with Crippen LogP contribution in [0.4, 0.5) is 4.79 Å². The summed E-state index contributed by atoms with van der Waals surface area (Å²) in [5, 5.41) is 3.31. The van der Waals surface area contributed by atoms with E-state index in [0.29, 0.717) is 5.92 Å². The lowest BCUT2D eigenvalue weighted by atomic mass is 9.97. The second-order valence-corrected chi connectivity index (χ2v) is 5.96. The van der Waals surface area contributed by atoms with Gasteiger partial charge in [-0.1, -0.05) is 0 Å². The summed E-state index contributed by atoms with van der Waals surface area (Å²) in [4.78, 5) is 18.3.